The Kier molecular flexibility index (Phi) is 8.73. The summed E-state index contributed by atoms with van der Waals surface area (Å²) < 4.78 is 60.0. The van der Waals surface area contributed by atoms with E-state index in [1.54, 1.807) is 24.9 Å². The van der Waals surface area contributed by atoms with E-state index in [4.69, 9.17) is 14.2 Å². The number of hydrogen-bond donors (Lipinski definition) is 0. The molecule has 1 saturated heterocycles. The van der Waals surface area contributed by atoms with Crippen molar-refractivity contribution in [2.45, 2.75) is 103 Å². The Bertz CT molecular complexity index is 1810. The first kappa shape index (κ1) is 34.7. The van der Waals surface area contributed by atoms with E-state index in [2.05, 4.69) is 20.2 Å². The molecule has 2 saturated carbocycles. The monoisotopic (exact) mass is 709 g/mol. The van der Waals surface area contributed by atoms with Gasteiger partial charge in [-0.3, -0.25) is 9.78 Å². The standard InChI is InChI=1S/C36H42F3N7O5/c1-21(2)46(23-13-36(38,39)14-23)32(47)26-12-22(37)6-7-28(26)50-31-30(41-20-42-43-31)45-18-35(19-45)15-24(16-35)49-29-8-10-40-27-17-44(11-9-25(27)29)33(48)51-34(3,4)5/h6-8,10,12,20-21,23-24H,9,11,13-19H2,1-5H3. The summed E-state index contributed by atoms with van der Waals surface area (Å²) >= 11 is 0. The molecule has 1 spiro atoms. The molecule has 4 heterocycles. The molecule has 0 unspecified atom stereocenters. The van der Waals surface area contributed by atoms with Crippen LogP contribution in [0, 0.1) is 11.2 Å². The van der Waals surface area contributed by atoms with Gasteiger partial charge in [0.05, 0.1) is 17.8 Å². The average molecular weight is 710 g/mol. The summed E-state index contributed by atoms with van der Waals surface area (Å²) in [6, 6.07) is 4.37. The predicted molar refractivity (Wildman–Crippen MR) is 178 cm³/mol. The number of anilines is 1. The molecule has 2 aromatic heterocycles. The predicted octanol–water partition coefficient (Wildman–Crippen LogP) is 6.19. The highest BCUT2D eigenvalue weighted by atomic mass is 19.3. The number of benzene rings is 1. The van der Waals surface area contributed by atoms with Gasteiger partial charge < -0.3 is 28.9 Å². The van der Waals surface area contributed by atoms with E-state index >= 15 is 0 Å². The van der Waals surface area contributed by atoms with Gasteiger partial charge in [0.15, 0.2) is 5.82 Å². The van der Waals surface area contributed by atoms with Gasteiger partial charge in [-0.25, -0.2) is 22.9 Å². The van der Waals surface area contributed by atoms with Gasteiger partial charge >= 0.3 is 6.09 Å². The summed E-state index contributed by atoms with van der Waals surface area (Å²) in [5.41, 5.74) is 1.18. The fraction of sp³-hybridized carbons (Fsp3) is 0.556. The molecule has 12 nitrogen and oxygen atoms in total. The maximum atomic E-state index is 14.5. The number of pyridine rings is 1. The Labute approximate surface area is 294 Å². The number of nitrogens with zero attached hydrogens (tertiary/aromatic N) is 7. The first-order chi connectivity index (χ1) is 24.1. The molecule has 15 heteroatoms. The molecule has 2 aliphatic heterocycles. The molecule has 4 aliphatic rings. The van der Waals surface area contributed by atoms with E-state index in [9.17, 15) is 22.8 Å². The number of aromatic nitrogens is 4. The fourth-order valence-corrected chi connectivity index (χ4v) is 7.55. The first-order valence-electron chi connectivity index (χ1n) is 17.3. The molecule has 2 aliphatic carbocycles. The van der Waals surface area contributed by atoms with E-state index in [1.807, 2.05) is 31.7 Å². The molecule has 1 aromatic carbocycles. The lowest BCUT2D eigenvalue weighted by Crippen LogP contribution is -2.65. The van der Waals surface area contributed by atoms with Gasteiger partial charge in [-0.05, 0) is 78.1 Å². The lowest BCUT2D eigenvalue weighted by molar-refractivity contribution is -0.120. The number of amides is 2. The molecule has 3 fully saturated rings. The number of rotatable bonds is 8. The lowest BCUT2D eigenvalue weighted by atomic mass is 9.61. The Hall–Kier alpha value is -4.69. The van der Waals surface area contributed by atoms with E-state index < -0.39 is 48.2 Å². The molecule has 3 aromatic rings. The van der Waals surface area contributed by atoms with Crippen molar-refractivity contribution in [2.24, 2.45) is 5.41 Å². The molecule has 0 bridgehead atoms. The molecule has 0 radical (unpaired) electrons. The van der Waals surface area contributed by atoms with E-state index in [0.717, 1.165) is 42.0 Å². The third-order valence-corrected chi connectivity index (χ3v) is 9.90. The maximum absolute atomic E-state index is 14.5. The van der Waals surface area contributed by atoms with E-state index in [-0.39, 0.29) is 34.8 Å². The second-order valence-electron chi connectivity index (χ2n) is 15.4. The van der Waals surface area contributed by atoms with Crippen LogP contribution in [0.4, 0.5) is 23.8 Å². The Balaban J connectivity index is 0.984. The van der Waals surface area contributed by atoms with Crippen LogP contribution in [0.15, 0.2) is 36.8 Å². The Morgan fingerprint density at radius 2 is 1.78 bits per heavy atom. The van der Waals surface area contributed by atoms with Gasteiger partial charge in [0.25, 0.3) is 17.7 Å². The quantitative estimate of drug-likeness (QED) is 0.268. The molecular formula is C36H42F3N7O5. The van der Waals surface area contributed by atoms with Gasteiger partial charge in [-0.15, -0.1) is 10.2 Å². The van der Waals surface area contributed by atoms with Crippen LogP contribution in [0.5, 0.6) is 17.4 Å². The SMILES string of the molecule is CC(C)N(C(=O)c1cc(F)ccc1Oc1nncnc1N1CC2(CC(Oc3ccnc4c3CCN(C(=O)OC(C)(C)C)C4)C2)C1)C1CC(F)(F)C1. The van der Waals surface area contributed by atoms with Crippen LogP contribution in [-0.2, 0) is 17.7 Å². The van der Waals surface area contributed by atoms with Crippen molar-refractivity contribution in [1.29, 1.82) is 0 Å². The van der Waals surface area contributed by atoms with Gasteiger partial charge in [0.2, 0.25) is 0 Å². The Morgan fingerprint density at radius 3 is 2.47 bits per heavy atom. The second-order valence-corrected chi connectivity index (χ2v) is 15.4. The van der Waals surface area contributed by atoms with Crippen molar-refractivity contribution in [3.63, 3.8) is 0 Å². The van der Waals surface area contributed by atoms with Crippen LogP contribution >= 0.6 is 0 Å². The lowest BCUT2D eigenvalue weighted by Gasteiger charge is -2.58. The highest BCUT2D eigenvalue weighted by Gasteiger charge is 2.55. The van der Waals surface area contributed by atoms with Crippen LogP contribution in [0.3, 0.4) is 0 Å². The minimum Gasteiger partial charge on any atom is -0.490 e. The smallest absolute Gasteiger partial charge is 0.410 e. The number of fused-ring (bicyclic) bond motifs is 1. The van der Waals surface area contributed by atoms with Crippen molar-refractivity contribution in [1.82, 2.24) is 30.0 Å². The zero-order chi connectivity index (χ0) is 36.3. The number of alkyl halides is 2. The first-order valence-corrected chi connectivity index (χ1v) is 17.3. The van der Waals surface area contributed by atoms with Crippen LogP contribution in [0.25, 0.3) is 0 Å². The summed E-state index contributed by atoms with van der Waals surface area (Å²) in [7, 11) is 0. The van der Waals surface area contributed by atoms with Crippen molar-refractivity contribution < 1.29 is 37.0 Å². The largest absolute Gasteiger partial charge is 0.490 e. The zero-order valence-electron chi connectivity index (χ0n) is 29.4. The van der Waals surface area contributed by atoms with Crippen molar-refractivity contribution in [2.75, 3.05) is 24.5 Å². The number of ether oxygens (including phenoxy) is 3. The third-order valence-electron chi connectivity index (χ3n) is 9.90. The summed E-state index contributed by atoms with van der Waals surface area (Å²) in [6.45, 7) is 11.2. The van der Waals surface area contributed by atoms with Crippen LogP contribution in [0.2, 0.25) is 0 Å². The third kappa shape index (κ3) is 7.11. The van der Waals surface area contributed by atoms with Crippen LogP contribution in [-0.4, -0.2) is 91.3 Å². The minimum absolute atomic E-state index is 0.0209. The molecule has 7 rings (SSSR count). The van der Waals surface area contributed by atoms with E-state index in [0.29, 0.717) is 38.4 Å². The Morgan fingerprint density at radius 1 is 1.04 bits per heavy atom. The molecule has 51 heavy (non-hydrogen) atoms. The fourth-order valence-electron chi connectivity index (χ4n) is 7.55. The zero-order valence-corrected chi connectivity index (χ0v) is 29.4. The number of hydrogen-bond acceptors (Lipinski definition) is 10. The van der Waals surface area contributed by atoms with Gasteiger partial charge in [-0.2, -0.15) is 0 Å². The molecule has 0 N–H and O–H groups in total. The normalized spacial score (nSPS) is 19.5. The van der Waals surface area contributed by atoms with Crippen molar-refractivity contribution in [3.8, 4) is 17.4 Å². The number of carbonyl (C=O) groups is 2. The average Bonchev–Trinajstić information content (AvgIpc) is 3.00. The van der Waals surface area contributed by atoms with Crippen LogP contribution < -0.4 is 14.4 Å². The minimum atomic E-state index is -2.83. The maximum Gasteiger partial charge on any atom is 0.410 e. The van der Waals surface area contributed by atoms with Crippen LogP contribution in [0.1, 0.15) is 81.9 Å². The highest BCUT2D eigenvalue weighted by molar-refractivity contribution is 5.97. The molecular weight excluding hydrogens is 667 g/mol. The van der Waals surface area contributed by atoms with Gasteiger partial charge in [0, 0.05) is 61.7 Å². The van der Waals surface area contributed by atoms with Crippen molar-refractivity contribution in [3.05, 3.63) is 59.4 Å². The highest BCUT2D eigenvalue weighted by Crippen LogP contribution is 2.52. The van der Waals surface area contributed by atoms with Gasteiger partial charge in [-0.1, -0.05) is 0 Å². The van der Waals surface area contributed by atoms with Crippen molar-refractivity contribution >= 4 is 17.8 Å². The second kappa shape index (κ2) is 12.8. The molecule has 2 amide bonds. The van der Waals surface area contributed by atoms with E-state index in [1.165, 1.54) is 17.3 Å². The molecule has 0 atom stereocenters. The number of halogens is 3. The summed E-state index contributed by atoms with van der Waals surface area (Å²) in [6.07, 6.45) is 4.10. The van der Waals surface area contributed by atoms with Gasteiger partial charge in [0.1, 0.15) is 35.3 Å². The molecule has 272 valence electrons. The number of carbonyl (C=O) groups excluding carboxylic acids is 2. The summed E-state index contributed by atoms with van der Waals surface area (Å²) in [5.74, 6) is -2.78. The summed E-state index contributed by atoms with van der Waals surface area (Å²) in [5, 5.41) is 8.02. The summed E-state index contributed by atoms with van der Waals surface area (Å²) in [4.78, 5) is 40.3. The topological polar surface area (TPSA) is 123 Å².